The molecule has 0 radical (unpaired) electrons. The number of carbonyl (C=O) groups excluding carboxylic acids is 1. The quantitative estimate of drug-likeness (QED) is 0.538. The topological polar surface area (TPSA) is 30.2 Å². The number of halogens is 1. The number of Topliss-reactive ketones (excluding diaryl/α,β-unsaturated/α-hetero) is 1. The zero-order chi connectivity index (χ0) is 19.5. The normalized spacial score (nSPS) is 15.9. The predicted molar refractivity (Wildman–Crippen MR) is 113 cm³/mol. The fraction of sp³-hybridized carbons (Fsp3) is 0.250. The second kappa shape index (κ2) is 8.27. The summed E-state index contributed by atoms with van der Waals surface area (Å²) in [6.07, 6.45) is 6.76. The summed E-state index contributed by atoms with van der Waals surface area (Å²) in [5.74, 6) is 1.10. The van der Waals surface area contributed by atoms with E-state index in [1.165, 1.54) is 11.1 Å². The van der Waals surface area contributed by atoms with Crippen molar-refractivity contribution in [1.82, 2.24) is 0 Å². The fourth-order valence-corrected chi connectivity index (χ4v) is 4.44. The zero-order valence-corrected chi connectivity index (χ0v) is 17.5. The van der Waals surface area contributed by atoms with E-state index in [1.54, 1.807) is 7.11 Å². The molecule has 28 heavy (non-hydrogen) atoms. The predicted octanol–water partition coefficient (Wildman–Crippen LogP) is 4.78. The van der Waals surface area contributed by atoms with Gasteiger partial charge in [-0.2, -0.15) is 4.57 Å². The minimum absolute atomic E-state index is 0.0298. The molecule has 0 N–H and O–H groups in total. The maximum absolute atomic E-state index is 13.0. The SMILES string of the molecule is COc1ccc2c(c1)CCC(Cc1cc[n+](Cc3ccccc3)cc1Br)C2=O. The van der Waals surface area contributed by atoms with Gasteiger partial charge in [-0.15, -0.1) is 0 Å². The first-order chi connectivity index (χ1) is 13.6. The second-order valence-corrected chi connectivity index (χ2v) is 8.16. The van der Waals surface area contributed by atoms with Crippen molar-refractivity contribution in [3.05, 3.63) is 93.7 Å². The van der Waals surface area contributed by atoms with Crippen LogP contribution in [0.2, 0.25) is 0 Å². The van der Waals surface area contributed by atoms with Gasteiger partial charge in [0.25, 0.3) is 0 Å². The van der Waals surface area contributed by atoms with Crippen LogP contribution in [0.4, 0.5) is 0 Å². The van der Waals surface area contributed by atoms with Gasteiger partial charge < -0.3 is 4.74 Å². The summed E-state index contributed by atoms with van der Waals surface area (Å²) in [5.41, 5.74) is 4.40. The van der Waals surface area contributed by atoms with Gasteiger partial charge in [0.15, 0.2) is 24.7 Å². The zero-order valence-electron chi connectivity index (χ0n) is 15.9. The summed E-state index contributed by atoms with van der Waals surface area (Å²) in [6.45, 7) is 0.831. The van der Waals surface area contributed by atoms with Crippen LogP contribution in [0.25, 0.3) is 0 Å². The van der Waals surface area contributed by atoms with Crippen LogP contribution in [0.5, 0.6) is 5.75 Å². The maximum Gasteiger partial charge on any atom is 0.183 e. The minimum atomic E-state index is 0.0298. The molecular formula is C24H23BrNO2+. The Bertz CT molecular complexity index is 1000. The molecule has 4 rings (SSSR count). The van der Waals surface area contributed by atoms with Crippen molar-refractivity contribution in [1.29, 1.82) is 0 Å². The van der Waals surface area contributed by atoms with E-state index in [0.29, 0.717) is 0 Å². The lowest BCUT2D eigenvalue weighted by molar-refractivity contribution is -0.689. The molecule has 0 aliphatic heterocycles. The van der Waals surface area contributed by atoms with Crippen LogP contribution < -0.4 is 9.30 Å². The molecule has 0 saturated carbocycles. The standard InChI is InChI=1S/C24H23BrNO2/c1-28-21-9-10-22-18(14-21)7-8-20(24(22)27)13-19-11-12-26(16-23(19)25)15-17-5-3-2-4-6-17/h2-6,9-12,14,16,20H,7-8,13,15H2,1H3/q+1. The van der Waals surface area contributed by atoms with Crippen molar-refractivity contribution in [2.24, 2.45) is 5.92 Å². The Morgan fingerprint density at radius 3 is 2.71 bits per heavy atom. The molecule has 1 aromatic heterocycles. The number of pyridine rings is 1. The van der Waals surface area contributed by atoms with Crippen LogP contribution in [0.1, 0.15) is 33.5 Å². The molecule has 0 spiro atoms. The molecule has 1 aliphatic carbocycles. The number of aryl methyl sites for hydroxylation is 1. The van der Waals surface area contributed by atoms with Crippen LogP contribution >= 0.6 is 15.9 Å². The minimum Gasteiger partial charge on any atom is -0.497 e. The number of hydrogen-bond donors (Lipinski definition) is 0. The van der Waals surface area contributed by atoms with Gasteiger partial charge in [0, 0.05) is 23.1 Å². The highest BCUT2D eigenvalue weighted by molar-refractivity contribution is 9.10. The first kappa shape index (κ1) is 18.9. The largest absolute Gasteiger partial charge is 0.497 e. The van der Waals surface area contributed by atoms with Gasteiger partial charge in [0.1, 0.15) is 5.75 Å². The first-order valence-electron chi connectivity index (χ1n) is 9.56. The van der Waals surface area contributed by atoms with Crippen LogP contribution in [0, 0.1) is 5.92 Å². The van der Waals surface area contributed by atoms with Crippen molar-refractivity contribution < 1.29 is 14.1 Å². The Balaban J connectivity index is 1.49. The molecule has 0 fully saturated rings. The number of fused-ring (bicyclic) bond motifs is 1. The third-order valence-electron chi connectivity index (χ3n) is 5.44. The number of carbonyl (C=O) groups is 1. The highest BCUT2D eigenvalue weighted by atomic mass is 79.9. The van der Waals surface area contributed by atoms with Crippen LogP contribution in [0.15, 0.2) is 71.5 Å². The molecule has 1 unspecified atom stereocenters. The molecule has 0 bridgehead atoms. The lowest BCUT2D eigenvalue weighted by atomic mass is 9.80. The van der Waals surface area contributed by atoms with Crippen molar-refractivity contribution in [2.45, 2.75) is 25.8 Å². The molecule has 3 nitrogen and oxygen atoms in total. The molecule has 1 heterocycles. The van der Waals surface area contributed by atoms with Gasteiger partial charge in [0.05, 0.1) is 11.6 Å². The Labute approximate surface area is 174 Å². The van der Waals surface area contributed by atoms with E-state index in [-0.39, 0.29) is 11.7 Å². The highest BCUT2D eigenvalue weighted by Crippen LogP contribution is 2.31. The van der Waals surface area contributed by atoms with Crippen LogP contribution in [-0.2, 0) is 19.4 Å². The fourth-order valence-electron chi connectivity index (χ4n) is 3.88. The lowest BCUT2D eigenvalue weighted by Crippen LogP contribution is -2.34. The van der Waals surface area contributed by atoms with E-state index in [4.69, 9.17) is 4.74 Å². The van der Waals surface area contributed by atoms with Gasteiger partial charge in [-0.25, -0.2) is 0 Å². The van der Waals surface area contributed by atoms with E-state index in [9.17, 15) is 4.79 Å². The van der Waals surface area contributed by atoms with E-state index < -0.39 is 0 Å². The Morgan fingerprint density at radius 2 is 1.96 bits per heavy atom. The summed E-state index contributed by atoms with van der Waals surface area (Å²) in [5, 5.41) is 0. The number of ketones is 1. The van der Waals surface area contributed by atoms with Crippen molar-refractivity contribution in [3.8, 4) is 5.75 Å². The van der Waals surface area contributed by atoms with Crippen LogP contribution in [0.3, 0.4) is 0 Å². The average molecular weight is 437 g/mol. The summed E-state index contributed by atoms with van der Waals surface area (Å²) in [6, 6.07) is 18.3. The van der Waals surface area contributed by atoms with Gasteiger partial charge in [0.2, 0.25) is 0 Å². The molecule has 1 aliphatic rings. The average Bonchev–Trinajstić information content (AvgIpc) is 2.72. The van der Waals surface area contributed by atoms with Crippen molar-refractivity contribution >= 4 is 21.7 Å². The molecule has 3 aromatic rings. The van der Waals surface area contributed by atoms with Crippen LogP contribution in [-0.4, -0.2) is 12.9 Å². The summed E-state index contributed by atoms with van der Waals surface area (Å²) < 4.78 is 8.50. The van der Waals surface area contributed by atoms with E-state index in [2.05, 4.69) is 63.2 Å². The number of methoxy groups -OCH3 is 1. The Hall–Kier alpha value is -2.46. The number of benzene rings is 2. The van der Waals surface area contributed by atoms with Gasteiger partial charge in [-0.1, -0.05) is 30.3 Å². The van der Waals surface area contributed by atoms with Gasteiger partial charge >= 0.3 is 0 Å². The monoisotopic (exact) mass is 436 g/mol. The van der Waals surface area contributed by atoms with Crippen molar-refractivity contribution in [3.63, 3.8) is 0 Å². The van der Waals surface area contributed by atoms with E-state index >= 15 is 0 Å². The lowest BCUT2D eigenvalue weighted by Gasteiger charge is -2.24. The number of rotatable bonds is 5. The summed E-state index contributed by atoms with van der Waals surface area (Å²) in [4.78, 5) is 13.0. The third kappa shape index (κ3) is 4.02. The smallest absolute Gasteiger partial charge is 0.183 e. The van der Waals surface area contributed by atoms with E-state index in [0.717, 1.165) is 47.2 Å². The van der Waals surface area contributed by atoms with Gasteiger partial charge in [-0.05, 0) is 64.5 Å². The Kier molecular flexibility index (Phi) is 5.58. The molecule has 0 amide bonds. The Morgan fingerprint density at radius 1 is 1.14 bits per heavy atom. The highest BCUT2D eigenvalue weighted by Gasteiger charge is 2.28. The number of nitrogens with zero attached hydrogens (tertiary/aromatic N) is 1. The maximum atomic E-state index is 13.0. The molecular weight excluding hydrogens is 414 g/mol. The number of hydrogen-bond acceptors (Lipinski definition) is 2. The first-order valence-corrected chi connectivity index (χ1v) is 10.4. The molecule has 1 atom stereocenters. The molecule has 2 aromatic carbocycles. The molecule has 4 heteroatoms. The number of aromatic nitrogens is 1. The van der Waals surface area contributed by atoms with Gasteiger partial charge in [-0.3, -0.25) is 4.79 Å². The number of ether oxygens (including phenoxy) is 1. The molecule has 142 valence electrons. The van der Waals surface area contributed by atoms with E-state index in [1.807, 2.05) is 24.3 Å². The third-order valence-corrected chi connectivity index (χ3v) is 6.15. The molecule has 0 saturated heterocycles. The summed E-state index contributed by atoms with van der Waals surface area (Å²) >= 11 is 3.71. The van der Waals surface area contributed by atoms with Crippen molar-refractivity contribution in [2.75, 3.05) is 7.11 Å². The second-order valence-electron chi connectivity index (χ2n) is 7.30. The summed E-state index contributed by atoms with van der Waals surface area (Å²) in [7, 11) is 1.66.